The molecule has 1 N–H and O–H groups in total. The number of hydrogen-bond donors (Lipinski definition) is 1. The number of benzene rings is 2. The van der Waals surface area contributed by atoms with Gasteiger partial charge in [-0.2, -0.15) is 0 Å². The molecule has 3 aromatic rings. The minimum Gasteiger partial charge on any atom is -0.457 e. The summed E-state index contributed by atoms with van der Waals surface area (Å²) in [6.07, 6.45) is 8.02. The summed E-state index contributed by atoms with van der Waals surface area (Å²) in [5, 5.41) is 24.6. The van der Waals surface area contributed by atoms with Gasteiger partial charge in [0.1, 0.15) is 24.6 Å². The fourth-order valence-corrected chi connectivity index (χ4v) is 10.3. The van der Waals surface area contributed by atoms with Crippen molar-refractivity contribution >= 4 is 62.9 Å². The molecule has 71 heavy (non-hydrogen) atoms. The molecule has 1 aromatic heterocycles. The zero-order valence-electron chi connectivity index (χ0n) is 41.4. The molecular weight excluding hydrogens is 935 g/mol. The molecule has 3 aliphatic heterocycles. The summed E-state index contributed by atoms with van der Waals surface area (Å²) in [7, 11) is 0. The number of ketones is 1. The molecule has 2 saturated heterocycles. The number of Topliss-reactive ketones (excluding diaryl/α,β-unsaturated/α-hetero) is 1. The molecule has 0 bridgehead atoms. The first-order valence-electron chi connectivity index (χ1n) is 24.7. The fourth-order valence-electron chi connectivity index (χ4n) is 9.48. The van der Waals surface area contributed by atoms with Gasteiger partial charge in [0.25, 0.3) is 11.8 Å². The second kappa shape index (κ2) is 24.5. The molecule has 7 atom stereocenters. The van der Waals surface area contributed by atoms with Gasteiger partial charge in [-0.3, -0.25) is 39.0 Å². The molecule has 17 nitrogen and oxygen atoms in total. The lowest BCUT2D eigenvalue weighted by molar-refractivity contribution is -0.385. The first-order valence-corrected chi connectivity index (χ1v) is 25.5. The first kappa shape index (κ1) is 54.5. The fraction of sp³-hybridized carbons (Fsp3) is 0.566. The van der Waals surface area contributed by atoms with Crippen LogP contribution in [0.2, 0.25) is 0 Å². The second-order valence-corrected chi connectivity index (χ2v) is 21.0. The molecule has 0 saturated carbocycles. The van der Waals surface area contributed by atoms with Gasteiger partial charge in [-0.15, -0.1) is 17.9 Å². The number of nitro groups is 1. The SMILES string of the molecule is C=CCC1C(=O)C(C)(C)C(OC(=O)OCc2ccc(OC(=O)CCCCCCCCCCN3C(=O)C=CC3=O)c([N+](=O)[O-])c2)CC(=O)OC(c2ccc3sc(C)nc3c2)CC2OC2(C)CCCC(C)C1O. The largest absolute Gasteiger partial charge is 0.508 e. The van der Waals surface area contributed by atoms with Crippen molar-refractivity contribution in [1.29, 1.82) is 0 Å². The minimum atomic E-state index is -1.57. The maximum atomic E-state index is 14.6. The van der Waals surface area contributed by atoms with Crippen LogP contribution in [0.5, 0.6) is 5.75 Å². The quantitative estimate of drug-likeness (QED) is 0.0172. The maximum absolute atomic E-state index is 14.6. The number of rotatable bonds is 19. The Hall–Kier alpha value is -5.85. The predicted molar refractivity (Wildman–Crippen MR) is 263 cm³/mol. The van der Waals surface area contributed by atoms with Gasteiger partial charge in [0.2, 0.25) is 5.75 Å². The molecule has 7 unspecified atom stereocenters. The van der Waals surface area contributed by atoms with Crippen molar-refractivity contribution < 1.29 is 62.5 Å². The number of aryl methyl sites for hydroxylation is 1. The van der Waals surface area contributed by atoms with E-state index in [2.05, 4.69) is 11.6 Å². The average Bonchev–Trinajstić information content (AvgIpc) is 3.60. The monoisotopic (exact) mass is 1000 g/mol. The molecule has 18 heteroatoms. The van der Waals surface area contributed by atoms with Crippen molar-refractivity contribution in [3.63, 3.8) is 0 Å². The topological polar surface area (TPSA) is 231 Å². The van der Waals surface area contributed by atoms with Crippen LogP contribution in [0, 0.1) is 34.3 Å². The number of cyclic esters (lactones) is 1. The van der Waals surface area contributed by atoms with Crippen LogP contribution in [-0.4, -0.2) is 86.1 Å². The van der Waals surface area contributed by atoms with Crippen molar-refractivity contribution in [2.45, 2.75) is 168 Å². The number of allylic oxidation sites excluding steroid dienone is 1. The van der Waals surface area contributed by atoms with Gasteiger partial charge in [0.15, 0.2) is 0 Å². The van der Waals surface area contributed by atoms with Crippen LogP contribution in [0.15, 0.2) is 61.2 Å². The number of imide groups is 1. The summed E-state index contributed by atoms with van der Waals surface area (Å²) in [6, 6.07) is 9.48. The predicted octanol–water partition coefficient (Wildman–Crippen LogP) is 10.1. The number of unbranched alkanes of at least 4 members (excludes halogenated alkanes) is 7. The average molecular weight is 1000 g/mol. The number of aromatic nitrogens is 1. The molecule has 384 valence electrons. The zero-order valence-corrected chi connectivity index (χ0v) is 42.2. The highest BCUT2D eigenvalue weighted by molar-refractivity contribution is 7.18. The number of aliphatic hydroxyl groups excluding tert-OH is 1. The number of epoxide rings is 1. The van der Waals surface area contributed by atoms with E-state index in [1.165, 1.54) is 43.0 Å². The number of esters is 2. The maximum Gasteiger partial charge on any atom is 0.508 e. The van der Waals surface area contributed by atoms with Crippen LogP contribution in [-0.2, 0) is 49.5 Å². The lowest BCUT2D eigenvalue weighted by Gasteiger charge is -2.37. The van der Waals surface area contributed by atoms with Gasteiger partial charge in [-0.05, 0) is 95.0 Å². The van der Waals surface area contributed by atoms with E-state index >= 15 is 0 Å². The molecule has 0 radical (unpaired) electrons. The van der Waals surface area contributed by atoms with E-state index in [4.69, 9.17) is 23.7 Å². The Morgan fingerprint density at radius 2 is 1.69 bits per heavy atom. The number of fused-ring (bicyclic) bond motifs is 2. The van der Waals surface area contributed by atoms with E-state index in [-0.39, 0.29) is 48.0 Å². The summed E-state index contributed by atoms with van der Waals surface area (Å²) >= 11 is 1.55. The third-order valence-corrected chi connectivity index (χ3v) is 14.9. The van der Waals surface area contributed by atoms with Crippen LogP contribution in [0.1, 0.15) is 146 Å². The van der Waals surface area contributed by atoms with E-state index in [1.807, 2.05) is 39.0 Å². The normalized spacial score (nSPS) is 24.8. The van der Waals surface area contributed by atoms with Crippen LogP contribution in [0.3, 0.4) is 0 Å². The van der Waals surface area contributed by atoms with Gasteiger partial charge in [0, 0.05) is 43.5 Å². The Morgan fingerprint density at radius 1 is 1.00 bits per heavy atom. The molecule has 4 heterocycles. The van der Waals surface area contributed by atoms with Gasteiger partial charge < -0.3 is 28.8 Å². The van der Waals surface area contributed by atoms with E-state index < -0.39 is 82.8 Å². The molecular formula is C53H67N3O14S. The summed E-state index contributed by atoms with van der Waals surface area (Å²) in [6.45, 7) is 12.6. The van der Waals surface area contributed by atoms with Gasteiger partial charge >= 0.3 is 23.8 Å². The standard InChI is InChI=1S/C53H67N3O14S/c1-7-17-37-49(61)33(2)18-16-26-53(6)44(70-53)30-41(36-21-23-42-38(29-36)54-34(3)71-42)68-48(60)31-43(52(4,5)50(37)62)69-51(63)66-32-35-20-22-40(39(28-35)56(64)65)67-47(59)19-14-12-10-8-9-11-13-15-27-55-45(57)24-25-46(55)58/h7,20-25,28-29,33,37,41,43-44,49,61H,1,8-19,26-27,30-32H2,2-6H3. The Labute approximate surface area is 418 Å². The molecule has 2 amide bonds. The molecule has 0 aliphatic carbocycles. The number of ether oxygens (including phenoxy) is 5. The second-order valence-electron chi connectivity index (χ2n) is 19.8. The lowest BCUT2D eigenvalue weighted by atomic mass is 9.71. The van der Waals surface area contributed by atoms with E-state index in [1.54, 1.807) is 17.4 Å². The summed E-state index contributed by atoms with van der Waals surface area (Å²) < 4.78 is 30.0. The number of nitrogens with zero attached hydrogens (tertiary/aromatic N) is 3. The molecule has 3 aliphatic rings. The van der Waals surface area contributed by atoms with Gasteiger partial charge in [0.05, 0.1) is 49.8 Å². The number of carbonyl (C=O) groups excluding carboxylic acids is 6. The Morgan fingerprint density at radius 3 is 2.38 bits per heavy atom. The summed E-state index contributed by atoms with van der Waals surface area (Å²) in [4.78, 5) is 95.5. The highest BCUT2D eigenvalue weighted by atomic mass is 32.1. The third kappa shape index (κ3) is 14.6. The number of carbonyl (C=O) groups is 6. The Balaban J connectivity index is 1.07. The summed E-state index contributed by atoms with van der Waals surface area (Å²) in [5.74, 6) is -3.90. The van der Waals surface area contributed by atoms with Crippen molar-refractivity contribution in [1.82, 2.24) is 9.88 Å². The minimum absolute atomic E-state index is 0.0523. The smallest absolute Gasteiger partial charge is 0.457 e. The van der Waals surface area contributed by atoms with Crippen LogP contribution in [0.4, 0.5) is 10.5 Å². The number of nitro benzene ring substituents is 1. The van der Waals surface area contributed by atoms with E-state index in [0.29, 0.717) is 44.2 Å². The lowest BCUT2D eigenvalue weighted by Crippen LogP contribution is -2.48. The zero-order chi connectivity index (χ0) is 51.5. The van der Waals surface area contributed by atoms with Crippen LogP contribution in [0.25, 0.3) is 10.2 Å². The van der Waals surface area contributed by atoms with Gasteiger partial charge in [-0.1, -0.05) is 70.1 Å². The highest BCUT2D eigenvalue weighted by Crippen LogP contribution is 2.47. The Bertz CT molecular complexity index is 2470. The number of hydrogen-bond acceptors (Lipinski definition) is 16. The summed E-state index contributed by atoms with van der Waals surface area (Å²) in [5.41, 5.74) is -0.928. The van der Waals surface area contributed by atoms with Crippen molar-refractivity contribution in [3.05, 3.63) is 87.5 Å². The molecule has 6 rings (SSSR count). The number of thiazole rings is 1. The van der Waals surface area contributed by atoms with Gasteiger partial charge in [-0.25, -0.2) is 9.78 Å². The van der Waals surface area contributed by atoms with Crippen LogP contribution >= 0.6 is 11.3 Å². The molecule has 0 spiro atoms. The highest BCUT2D eigenvalue weighted by Gasteiger charge is 2.53. The molecule has 2 fully saturated rings. The Kier molecular flexibility index (Phi) is 18.8. The van der Waals surface area contributed by atoms with Crippen molar-refractivity contribution in [3.8, 4) is 5.75 Å². The van der Waals surface area contributed by atoms with E-state index in [0.717, 1.165) is 66.2 Å². The molecule has 2 aromatic carbocycles. The number of aliphatic hydroxyl groups is 1. The van der Waals surface area contributed by atoms with Crippen molar-refractivity contribution in [2.75, 3.05) is 6.54 Å². The number of amides is 2. The van der Waals surface area contributed by atoms with Crippen molar-refractivity contribution in [2.24, 2.45) is 17.3 Å². The van der Waals surface area contributed by atoms with E-state index in [9.17, 15) is 44.0 Å². The third-order valence-electron chi connectivity index (χ3n) is 14.0. The van der Waals surface area contributed by atoms with Crippen LogP contribution < -0.4 is 4.74 Å². The first-order chi connectivity index (χ1) is 33.8.